The number of benzene rings is 1. The standard InChI is InChI=1S/C16H27NO2S/c1-5-6-7-10-20(18,19)12-16(17-4)15-9-8-13(2)11-14(15)3/h8-9,11,16-17H,5-7,10,12H2,1-4H3. The van der Waals surface area contributed by atoms with E-state index < -0.39 is 9.84 Å². The van der Waals surface area contributed by atoms with Gasteiger partial charge in [-0.2, -0.15) is 0 Å². The van der Waals surface area contributed by atoms with E-state index in [9.17, 15) is 8.42 Å². The number of hydrogen-bond donors (Lipinski definition) is 1. The molecule has 1 rings (SSSR count). The van der Waals surface area contributed by atoms with E-state index in [-0.39, 0.29) is 11.8 Å². The van der Waals surface area contributed by atoms with Gasteiger partial charge in [0, 0.05) is 6.04 Å². The zero-order valence-corrected chi connectivity index (χ0v) is 13.9. The Morgan fingerprint density at radius 3 is 2.45 bits per heavy atom. The lowest BCUT2D eigenvalue weighted by Gasteiger charge is -2.19. The Morgan fingerprint density at radius 2 is 1.90 bits per heavy atom. The van der Waals surface area contributed by atoms with Gasteiger partial charge in [-0.25, -0.2) is 8.42 Å². The van der Waals surface area contributed by atoms with Gasteiger partial charge in [0.05, 0.1) is 11.5 Å². The molecule has 20 heavy (non-hydrogen) atoms. The van der Waals surface area contributed by atoms with Crippen LogP contribution in [0.3, 0.4) is 0 Å². The van der Waals surface area contributed by atoms with Gasteiger partial charge in [0.15, 0.2) is 9.84 Å². The predicted octanol–water partition coefficient (Wildman–Crippen LogP) is 3.17. The molecule has 1 N–H and O–H groups in total. The molecule has 0 saturated carbocycles. The third-order valence-electron chi connectivity index (χ3n) is 3.63. The Balaban J connectivity index is 2.81. The van der Waals surface area contributed by atoms with Gasteiger partial charge >= 0.3 is 0 Å². The summed E-state index contributed by atoms with van der Waals surface area (Å²) in [7, 11) is -1.18. The number of unbranched alkanes of at least 4 members (excludes halogenated alkanes) is 2. The minimum atomic E-state index is -3.00. The van der Waals surface area contributed by atoms with Crippen molar-refractivity contribution in [1.29, 1.82) is 0 Å². The van der Waals surface area contributed by atoms with E-state index in [0.717, 1.165) is 30.4 Å². The van der Waals surface area contributed by atoms with E-state index in [1.165, 1.54) is 5.56 Å². The lowest BCUT2D eigenvalue weighted by atomic mass is 10.0. The molecule has 0 fully saturated rings. The summed E-state index contributed by atoms with van der Waals surface area (Å²) < 4.78 is 24.4. The molecular formula is C16H27NO2S. The van der Waals surface area contributed by atoms with Crippen LogP contribution in [0.4, 0.5) is 0 Å². The van der Waals surface area contributed by atoms with Gasteiger partial charge in [-0.1, -0.05) is 43.5 Å². The lowest BCUT2D eigenvalue weighted by molar-refractivity contribution is 0.569. The molecule has 1 unspecified atom stereocenters. The van der Waals surface area contributed by atoms with Crippen LogP contribution in [0.2, 0.25) is 0 Å². The average Bonchev–Trinajstić information content (AvgIpc) is 2.36. The van der Waals surface area contributed by atoms with Gasteiger partial charge in [-0.15, -0.1) is 0 Å². The molecule has 1 aromatic rings. The van der Waals surface area contributed by atoms with E-state index in [2.05, 4.69) is 18.3 Å². The maximum Gasteiger partial charge on any atom is 0.152 e. The van der Waals surface area contributed by atoms with Gasteiger partial charge in [-0.3, -0.25) is 0 Å². The topological polar surface area (TPSA) is 46.2 Å². The van der Waals surface area contributed by atoms with Crippen molar-refractivity contribution in [2.75, 3.05) is 18.6 Å². The average molecular weight is 297 g/mol. The molecule has 4 heteroatoms. The highest BCUT2D eigenvalue weighted by Gasteiger charge is 2.20. The molecule has 0 aliphatic rings. The molecule has 3 nitrogen and oxygen atoms in total. The van der Waals surface area contributed by atoms with Crippen molar-refractivity contribution in [3.8, 4) is 0 Å². The molecule has 0 aliphatic heterocycles. The molecule has 0 amide bonds. The Labute approximate surface area is 123 Å². The summed E-state index contributed by atoms with van der Waals surface area (Å²) in [6.45, 7) is 6.17. The Morgan fingerprint density at radius 1 is 1.20 bits per heavy atom. The Hall–Kier alpha value is -0.870. The largest absolute Gasteiger partial charge is 0.312 e. The summed E-state index contributed by atoms with van der Waals surface area (Å²) >= 11 is 0. The third kappa shape index (κ3) is 5.25. The summed E-state index contributed by atoms with van der Waals surface area (Å²) in [5.74, 6) is 0.473. The van der Waals surface area contributed by atoms with E-state index in [4.69, 9.17) is 0 Å². The fraction of sp³-hybridized carbons (Fsp3) is 0.625. The highest BCUT2D eigenvalue weighted by atomic mass is 32.2. The van der Waals surface area contributed by atoms with Crippen molar-refractivity contribution >= 4 is 9.84 Å². The molecule has 114 valence electrons. The van der Waals surface area contributed by atoms with Crippen LogP contribution in [0.25, 0.3) is 0 Å². The number of sulfone groups is 1. The van der Waals surface area contributed by atoms with Gasteiger partial charge in [-0.05, 0) is 38.4 Å². The number of nitrogens with one attached hydrogen (secondary N) is 1. The normalized spacial score (nSPS) is 13.4. The number of aryl methyl sites for hydroxylation is 2. The maximum absolute atomic E-state index is 12.2. The minimum absolute atomic E-state index is 0.123. The van der Waals surface area contributed by atoms with Gasteiger partial charge in [0.1, 0.15) is 0 Å². The Kier molecular flexibility index (Phi) is 6.69. The monoisotopic (exact) mass is 297 g/mol. The third-order valence-corrected chi connectivity index (χ3v) is 5.38. The molecule has 1 atom stereocenters. The van der Waals surface area contributed by atoms with Crippen LogP contribution in [-0.2, 0) is 9.84 Å². The lowest BCUT2D eigenvalue weighted by Crippen LogP contribution is -2.27. The SMILES string of the molecule is CCCCCS(=O)(=O)CC(NC)c1ccc(C)cc1C. The van der Waals surface area contributed by atoms with Crippen molar-refractivity contribution in [2.24, 2.45) is 0 Å². The Bertz CT molecular complexity index is 523. The van der Waals surface area contributed by atoms with Crippen molar-refractivity contribution in [3.05, 3.63) is 34.9 Å². The van der Waals surface area contributed by atoms with Crippen LogP contribution in [0.1, 0.15) is 48.9 Å². The zero-order valence-electron chi connectivity index (χ0n) is 13.1. The first-order valence-electron chi connectivity index (χ1n) is 7.34. The van der Waals surface area contributed by atoms with E-state index in [1.54, 1.807) is 0 Å². The molecule has 0 bridgehead atoms. The van der Waals surface area contributed by atoms with Crippen LogP contribution < -0.4 is 5.32 Å². The van der Waals surface area contributed by atoms with Crippen molar-refractivity contribution in [2.45, 2.75) is 46.1 Å². The predicted molar refractivity (Wildman–Crippen MR) is 85.9 cm³/mol. The first-order chi connectivity index (χ1) is 9.39. The van der Waals surface area contributed by atoms with Gasteiger partial charge in [0.2, 0.25) is 0 Å². The summed E-state index contributed by atoms with van der Waals surface area (Å²) in [5.41, 5.74) is 3.43. The highest BCUT2D eigenvalue weighted by Crippen LogP contribution is 2.21. The molecule has 0 radical (unpaired) electrons. The fourth-order valence-corrected chi connectivity index (χ4v) is 4.12. The first-order valence-corrected chi connectivity index (χ1v) is 9.16. The summed E-state index contributed by atoms with van der Waals surface area (Å²) in [6.07, 6.45) is 2.79. The molecule has 0 heterocycles. The summed E-state index contributed by atoms with van der Waals surface area (Å²) in [5, 5.41) is 3.15. The van der Waals surface area contributed by atoms with Crippen LogP contribution in [0.15, 0.2) is 18.2 Å². The molecule has 0 aliphatic carbocycles. The summed E-state index contributed by atoms with van der Waals surface area (Å²) in [4.78, 5) is 0. The quantitative estimate of drug-likeness (QED) is 0.750. The number of hydrogen-bond acceptors (Lipinski definition) is 3. The second kappa shape index (κ2) is 7.79. The minimum Gasteiger partial charge on any atom is -0.312 e. The smallest absolute Gasteiger partial charge is 0.152 e. The molecule has 0 aromatic heterocycles. The summed E-state index contributed by atoms with van der Waals surface area (Å²) in [6, 6.07) is 6.05. The second-order valence-electron chi connectivity index (χ2n) is 5.52. The van der Waals surface area contributed by atoms with Crippen molar-refractivity contribution < 1.29 is 8.42 Å². The molecule has 0 spiro atoms. The van der Waals surface area contributed by atoms with Crippen molar-refractivity contribution in [1.82, 2.24) is 5.32 Å². The van der Waals surface area contributed by atoms with Gasteiger partial charge < -0.3 is 5.32 Å². The van der Waals surface area contributed by atoms with Crippen molar-refractivity contribution in [3.63, 3.8) is 0 Å². The molecule has 0 saturated heterocycles. The second-order valence-corrected chi connectivity index (χ2v) is 7.75. The fourth-order valence-electron chi connectivity index (χ4n) is 2.45. The number of rotatable bonds is 8. The van der Waals surface area contributed by atoms with Crippen LogP contribution in [0.5, 0.6) is 0 Å². The van der Waals surface area contributed by atoms with Crippen LogP contribution in [0, 0.1) is 13.8 Å². The maximum atomic E-state index is 12.2. The van der Waals surface area contributed by atoms with Crippen LogP contribution >= 0.6 is 0 Å². The van der Waals surface area contributed by atoms with Gasteiger partial charge in [0.25, 0.3) is 0 Å². The van der Waals surface area contributed by atoms with E-state index in [1.807, 2.05) is 33.0 Å². The van der Waals surface area contributed by atoms with Crippen LogP contribution in [-0.4, -0.2) is 27.0 Å². The first kappa shape index (κ1) is 17.2. The molecular weight excluding hydrogens is 270 g/mol. The van der Waals surface area contributed by atoms with E-state index in [0.29, 0.717) is 5.75 Å². The molecule has 1 aromatic carbocycles. The zero-order chi connectivity index (χ0) is 15.2. The van der Waals surface area contributed by atoms with E-state index >= 15 is 0 Å². The highest BCUT2D eigenvalue weighted by molar-refractivity contribution is 7.91.